The van der Waals surface area contributed by atoms with Crippen LogP contribution in [-0.2, 0) is 12.3 Å². The Morgan fingerprint density at radius 3 is 2.40 bits per heavy atom. The monoisotopic (exact) mass is 419 g/mol. The fourth-order valence-electron chi connectivity index (χ4n) is 3.26. The number of para-hydroxylation sites is 2. The second-order valence-electron chi connectivity index (χ2n) is 7.07. The van der Waals surface area contributed by atoms with E-state index in [-0.39, 0.29) is 0 Å². The molecule has 30 heavy (non-hydrogen) atoms. The zero-order valence-electron chi connectivity index (χ0n) is 17.5. The van der Waals surface area contributed by atoms with Crippen LogP contribution < -0.4 is 4.74 Å². The van der Waals surface area contributed by atoms with E-state index < -0.39 is 0 Å². The summed E-state index contributed by atoms with van der Waals surface area (Å²) in [6.07, 6.45) is 2.18. The van der Waals surface area contributed by atoms with Crippen molar-refractivity contribution in [1.29, 1.82) is 0 Å². The minimum Gasteiger partial charge on any atom is -0.497 e. The van der Waals surface area contributed by atoms with Gasteiger partial charge in [-0.1, -0.05) is 37.2 Å². The van der Waals surface area contributed by atoms with Gasteiger partial charge in [-0.2, -0.15) is 0 Å². The molecule has 6 nitrogen and oxygen atoms in total. The van der Waals surface area contributed by atoms with E-state index in [9.17, 15) is 0 Å². The third kappa shape index (κ3) is 4.31. The van der Waals surface area contributed by atoms with Crippen LogP contribution in [0.3, 0.4) is 0 Å². The summed E-state index contributed by atoms with van der Waals surface area (Å²) in [5.74, 6) is 2.42. The number of methoxy groups -OCH3 is 1. The first-order valence-electron chi connectivity index (χ1n) is 10.1. The molecule has 2 heterocycles. The predicted molar refractivity (Wildman–Crippen MR) is 121 cm³/mol. The van der Waals surface area contributed by atoms with Gasteiger partial charge in [0.1, 0.15) is 5.75 Å². The number of hydrogen-bond donors (Lipinski definition) is 0. The lowest BCUT2D eigenvalue weighted by atomic mass is 10.2. The number of fused-ring (bicyclic) bond motifs is 1. The minimum absolute atomic E-state index is 0.705. The Morgan fingerprint density at radius 1 is 0.967 bits per heavy atom. The van der Waals surface area contributed by atoms with Crippen molar-refractivity contribution < 1.29 is 4.74 Å². The molecule has 2 aromatic carbocycles. The molecule has 0 saturated carbocycles. The summed E-state index contributed by atoms with van der Waals surface area (Å²) >= 11 is 1.66. The van der Waals surface area contributed by atoms with Gasteiger partial charge < -0.3 is 9.30 Å². The zero-order valence-corrected chi connectivity index (χ0v) is 18.3. The van der Waals surface area contributed by atoms with Crippen molar-refractivity contribution in [1.82, 2.24) is 24.7 Å². The molecular formula is C23H25N5OS. The zero-order chi connectivity index (χ0) is 20.9. The third-order valence-corrected chi connectivity index (χ3v) is 5.96. The molecule has 0 fully saturated rings. The van der Waals surface area contributed by atoms with Crippen LogP contribution in [-0.4, -0.2) is 31.8 Å². The molecule has 0 aliphatic rings. The van der Waals surface area contributed by atoms with Crippen molar-refractivity contribution in [2.75, 3.05) is 7.11 Å². The van der Waals surface area contributed by atoms with Gasteiger partial charge in [0.2, 0.25) is 0 Å². The van der Waals surface area contributed by atoms with Crippen LogP contribution in [0.4, 0.5) is 0 Å². The van der Waals surface area contributed by atoms with Crippen molar-refractivity contribution in [3.8, 4) is 17.1 Å². The summed E-state index contributed by atoms with van der Waals surface area (Å²) in [5, 5.41) is 9.89. The summed E-state index contributed by atoms with van der Waals surface area (Å²) in [6.45, 7) is 5.09. The smallest absolute Gasteiger partial charge is 0.191 e. The number of benzene rings is 2. The maximum atomic E-state index is 5.27. The number of hydrogen-bond acceptors (Lipinski definition) is 6. The molecular weight excluding hydrogens is 394 g/mol. The van der Waals surface area contributed by atoms with Gasteiger partial charge in [-0.3, -0.25) is 0 Å². The van der Waals surface area contributed by atoms with E-state index in [1.54, 1.807) is 18.9 Å². The first kappa shape index (κ1) is 20.3. The van der Waals surface area contributed by atoms with Crippen molar-refractivity contribution in [3.05, 3.63) is 59.9 Å². The fraction of sp³-hybridized carbons (Fsp3) is 0.304. The maximum absolute atomic E-state index is 5.27. The first-order chi connectivity index (χ1) is 14.7. The first-order valence-corrected chi connectivity index (χ1v) is 11.1. The van der Waals surface area contributed by atoms with Crippen LogP contribution in [0, 0.1) is 6.92 Å². The van der Waals surface area contributed by atoms with E-state index in [4.69, 9.17) is 14.7 Å². The number of rotatable bonds is 8. The Balaban J connectivity index is 1.60. The molecule has 0 atom stereocenters. The third-order valence-electron chi connectivity index (χ3n) is 4.98. The molecule has 0 spiro atoms. The second kappa shape index (κ2) is 9.26. The topological polar surface area (TPSA) is 65.7 Å². The average Bonchev–Trinajstić information content (AvgIpc) is 3.18. The van der Waals surface area contributed by atoms with Crippen molar-refractivity contribution in [2.24, 2.45) is 0 Å². The van der Waals surface area contributed by atoms with Crippen LogP contribution in [0.1, 0.15) is 31.2 Å². The highest BCUT2D eigenvalue weighted by atomic mass is 32.2. The number of aromatic nitrogens is 5. The fourth-order valence-corrected chi connectivity index (χ4v) is 4.23. The number of aryl methyl sites for hydroxylation is 1. The molecule has 2 aromatic heterocycles. The molecule has 0 aliphatic heterocycles. The van der Waals surface area contributed by atoms with Gasteiger partial charge in [-0.05, 0) is 49.7 Å². The van der Waals surface area contributed by atoms with Gasteiger partial charge in [-0.25, -0.2) is 9.97 Å². The van der Waals surface area contributed by atoms with E-state index in [0.717, 1.165) is 64.1 Å². The summed E-state index contributed by atoms with van der Waals surface area (Å²) in [4.78, 5) is 9.51. The van der Waals surface area contributed by atoms with E-state index in [1.807, 2.05) is 55.5 Å². The maximum Gasteiger partial charge on any atom is 0.191 e. The van der Waals surface area contributed by atoms with Gasteiger partial charge in [0.25, 0.3) is 0 Å². The Kier molecular flexibility index (Phi) is 6.28. The largest absolute Gasteiger partial charge is 0.497 e. The lowest BCUT2D eigenvalue weighted by Gasteiger charge is -2.11. The highest BCUT2D eigenvalue weighted by Gasteiger charge is 2.15. The second-order valence-corrected chi connectivity index (χ2v) is 8.02. The molecule has 4 rings (SSSR count). The Labute approximate surface area is 180 Å². The molecule has 4 aromatic rings. The van der Waals surface area contributed by atoms with Crippen molar-refractivity contribution in [3.63, 3.8) is 0 Å². The van der Waals surface area contributed by atoms with E-state index in [0.29, 0.717) is 5.75 Å². The van der Waals surface area contributed by atoms with Gasteiger partial charge in [0.05, 0.1) is 29.5 Å². The minimum atomic E-state index is 0.705. The SMILES string of the molecule is CCCCn1c(SCc2nc3ccccc3nc2C)nnc1-c1ccc(OC)cc1. The van der Waals surface area contributed by atoms with Crippen molar-refractivity contribution in [2.45, 2.75) is 44.1 Å². The molecule has 7 heteroatoms. The molecule has 154 valence electrons. The number of nitrogens with zero attached hydrogens (tertiary/aromatic N) is 5. The molecule has 0 radical (unpaired) electrons. The van der Waals surface area contributed by atoms with Crippen LogP contribution in [0.15, 0.2) is 53.7 Å². The number of unbranched alkanes of at least 4 members (excludes halogenated alkanes) is 1. The number of thioether (sulfide) groups is 1. The van der Waals surface area contributed by atoms with Crippen LogP contribution in [0.2, 0.25) is 0 Å². The quantitative estimate of drug-likeness (QED) is 0.361. The molecule has 0 unspecified atom stereocenters. The standard InChI is InChI=1S/C23H25N5OS/c1-4-5-14-28-22(17-10-12-18(29-3)13-11-17)26-27-23(28)30-15-21-16(2)24-19-8-6-7-9-20(19)25-21/h6-13H,4-5,14-15H2,1-3H3. The Morgan fingerprint density at radius 2 is 1.70 bits per heavy atom. The molecule has 0 amide bonds. The van der Waals surface area contributed by atoms with Crippen LogP contribution in [0.5, 0.6) is 5.75 Å². The lowest BCUT2D eigenvalue weighted by Crippen LogP contribution is -2.03. The average molecular weight is 420 g/mol. The van der Waals surface area contributed by atoms with Gasteiger partial charge in [0.15, 0.2) is 11.0 Å². The summed E-state index contributed by atoms with van der Waals surface area (Å²) in [5.41, 5.74) is 4.82. The highest BCUT2D eigenvalue weighted by Crippen LogP contribution is 2.28. The summed E-state index contributed by atoms with van der Waals surface area (Å²) in [6, 6.07) is 15.9. The van der Waals surface area contributed by atoms with E-state index in [1.165, 1.54) is 0 Å². The van der Waals surface area contributed by atoms with Gasteiger partial charge >= 0.3 is 0 Å². The molecule has 0 N–H and O–H groups in total. The van der Waals surface area contributed by atoms with Crippen LogP contribution >= 0.6 is 11.8 Å². The molecule has 0 bridgehead atoms. The van der Waals surface area contributed by atoms with Gasteiger partial charge in [-0.15, -0.1) is 10.2 Å². The Bertz CT molecular complexity index is 1140. The number of ether oxygens (including phenoxy) is 1. The van der Waals surface area contributed by atoms with Crippen LogP contribution in [0.25, 0.3) is 22.4 Å². The predicted octanol–water partition coefficient (Wildman–Crippen LogP) is 5.30. The molecule has 0 saturated heterocycles. The summed E-state index contributed by atoms with van der Waals surface area (Å²) in [7, 11) is 1.67. The van der Waals surface area contributed by atoms with Crippen molar-refractivity contribution >= 4 is 22.8 Å². The van der Waals surface area contributed by atoms with Gasteiger partial charge in [0, 0.05) is 17.9 Å². The normalized spacial score (nSPS) is 11.2. The lowest BCUT2D eigenvalue weighted by molar-refractivity contribution is 0.415. The summed E-state index contributed by atoms with van der Waals surface area (Å²) < 4.78 is 7.48. The van der Waals surface area contributed by atoms with E-state index in [2.05, 4.69) is 21.7 Å². The van der Waals surface area contributed by atoms with E-state index >= 15 is 0 Å². The Hall–Kier alpha value is -2.93. The molecule has 0 aliphatic carbocycles. The highest BCUT2D eigenvalue weighted by molar-refractivity contribution is 7.98.